The van der Waals surface area contributed by atoms with Crippen LogP contribution < -0.4 is 10.5 Å². The Morgan fingerprint density at radius 2 is 2.31 bits per heavy atom. The highest BCUT2D eigenvalue weighted by atomic mass is 35.5. The fourth-order valence-corrected chi connectivity index (χ4v) is 1.71. The fourth-order valence-electron chi connectivity index (χ4n) is 1.51. The number of rotatable bonds is 3. The number of aromatic nitrogens is 2. The molecule has 0 amide bonds. The molecule has 2 aromatic rings. The Labute approximate surface area is 98.6 Å². The zero-order valence-electron chi connectivity index (χ0n) is 8.85. The molecule has 16 heavy (non-hydrogen) atoms. The molecule has 0 bridgehead atoms. The van der Waals surface area contributed by atoms with E-state index in [1.807, 2.05) is 12.1 Å². The molecule has 0 unspecified atom stereocenters. The third-order valence-corrected chi connectivity index (χ3v) is 2.46. The summed E-state index contributed by atoms with van der Waals surface area (Å²) in [5.74, 6) is 0.790. The lowest BCUT2D eigenvalue weighted by molar-refractivity contribution is 0.407. The summed E-state index contributed by atoms with van der Waals surface area (Å²) in [7, 11) is 1.63. The van der Waals surface area contributed by atoms with Crippen LogP contribution in [0, 0.1) is 0 Å². The van der Waals surface area contributed by atoms with Crippen LogP contribution in [-0.2, 0) is 6.54 Å². The van der Waals surface area contributed by atoms with Gasteiger partial charge in [-0.3, -0.25) is 4.68 Å². The molecule has 2 N–H and O–H groups in total. The molecule has 4 nitrogen and oxygen atoms in total. The first-order valence-electron chi connectivity index (χ1n) is 4.79. The van der Waals surface area contributed by atoms with Gasteiger partial charge in [0.05, 0.1) is 25.5 Å². The van der Waals surface area contributed by atoms with Crippen LogP contribution in [0.1, 0.15) is 5.56 Å². The molecular weight excluding hydrogens is 226 g/mol. The SMILES string of the molecule is COc1ccc(Cl)cc1Cn1cc(N)cn1. The van der Waals surface area contributed by atoms with Crippen molar-refractivity contribution >= 4 is 17.3 Å². The predicted molar refractivity (Wildman–Crippen MR) is 63.7 cm³/mol. The number of nitrogen functional groups attached to an aromatic ring is 1. The molecule has 5 heteroatoms. The molecule has 0 aliphatic heterocycles. The van der Waals surface area contributed by atoms with Gasteiger partial charge in [-0.05, 0) is 18.2 Å². The highest BCUT2D eigenvalue weighted by Gasteiger charge is 2.05. The van der Waals surface area contributed by atoms with Crippen LogP contribution >= 0.6 is 11.6 Å². The zero-order chi connectivity index (χ0) is 11.5. The first-order valence-corrected chi connectivity index (χ1v) is 5.17. The predicted octanol–water partition coefficient (Wildman–Crippen LogP) is 2.18. The highest BCUT2D eigenvalue weighted by molar-refractivity contribution is 6.30. The van der Waals surface area contributed by atoms with Gasteiger partial charge in [0.15, 0.2) is 0 Å². The maximum Gasteiger partial charge on any atom is 0.124 e. The number of ether oxygens (including phenoxy) is 1. The molecule has 0 atom stereocenters. The van der Waals surface area contributed by atoms with Crippen molar-refractivity contribution in [1.29, 1.82) is 0 Å². The third-order valence-electron chi connectivity index (χ3n) is 2.23. The molecule has 0 radical (unpaired) electrons. The van der Waals surface area contributed by atoms with Gasteiger partial charge < -0.3 is 10.5 Å². The summed E-state index contributed by atoms with van der Waals surface area (Å²) in [4.78, 5) is 0. The van der Waals surface area contributed by atoms with Crippen LogP contribution in [0.5, 0.6) is 5.75 Å². The number of nitrogens with zero attached hydrogens (tertiary/aromatic N) is 2. The van der Waals surface area contributed by atoms with Crippen LogP contribution in [0.3, 0.4) is 0 Å². The molecular formula is C11H12ClN3O. The maximum atomic E-state index is 5.94. The van der Waals surface area contributed by atoms with E-state index in [2.05, 4.69) is 5.10 Å². The van der Waals surface area contributed by atoms with E-state index in [9.17, 15) is 0 Å². The van der Waals surface area contributed by atoms with Crippen LogP contribution in [0.4, 0.5) is 5.69 Å². The molecule has 84 valence electrons. The Morgan fingerprint density at radius 1 is 1.50 bits per heavy atom. The van der Waals surface area contributed by atoms with Crippen molar-refractivity contribution in [3.05, 3.63) is 41.2 Å². The number of hydrogen-bond acceptors (Lipinski definition) is 3. The lowest BCUT2D eigenvalue weighted by Crippen LogP contribution is -2.02. The first-order chi connectivity index (χ1) is 7.69. The van der Waals surface area contributed by atoms with Gasteiger partial charge in [0.25, 0.3) is 0 Å². The maximum absolute atomic E-state index is 5.94. The average Bonchev–Trinajstić information content (AvgIpc) is 2.64. The third kappa shape index (κ3) is 2.28. The smallest absolute Gasteiger partial charge is 0.124 e. The van der Waals surface area contributed by atoms with Gasteiger partial charge in [0.1, 0.15) is 5.75 Å². The Balaban J connectivity index is 2.29. The zero-order valence-corrected chi connectivity index (χ0v) is 9.61. The van der Waals surface area contributed by atoms with Gasteiger partial charge in [0, 0.05) is 16.8 Å². The van der Waals surface area contributed by atoms with E-state index in [4.69, 9.17) is 22.1 Å². The number of hydrogen-bond donors (Lipinski definition) is 1. The molecule has 1 aromatic heterocycles. The number of anilines is 1. The standard InChI is InChI=1S/C11H12ClN3O/c1-16-11-3-2-9(12)4-8(11)6-15-7-10(13)5-14-15/h2-5,7H,6,13H2,1H3. The van der Waals surface area contributed by atoms with E-state index in [0.29, 0.717) is 17.3 Å². The summed E-state index contributed by atoms with van der Waals surface area (Å²) >= 11 is 5.94. The van der Waals surface area contributed by atoms with Crippen LogP contribution in [0.25, 0.3) is 0 Å². The Kier molecular flexibility index (Phi) is 3.01. The van der Waals surface area contributed by atoms with Crippen molar-refractivity contribution in [2.45, 2.75) is 6.54 Å². The molecule has 0 aliphatic carbocycles. The lowest BCUT2D eigenvalue weighted by atomic mass is 10.2. The van der Waals surface area contributed by atoms with Crippen molar-refractivity contribution < 1.29 is 4.74 Å². The fraction of sp³-hybridized carbons (Fsp3) is 0.182. The topological polar surface area (TPSA) is 53.1 Å². The van der Waals surface area contributed by atoms with E-state index in [0.717, 1.165) is 11.3 Å². The molecule has 2 rings (SSSR count). The van der Waals surface area contributed by atoms with Gasteiger partial charge >= 0.3 is 0 Å². The molecule has 1 heterocycles. The van der Waals surface area contributed by atoms with Crippen molar-refractivity contribution in [2.24, 2.45) is 0 Å². The number of methoxy groups -OCH3 is 1. The van der Waals surface area contributed by atoms with Crippen molar-refractivity contribution in [1.82, 2.24) is 9.78 Å². The summed E-state index contributed by atoms with van der Waals surface area (Å²) in [6.45, 7) is 0.584. The normalized spacial score (nSPS) is 10.4. The van der Waals surface area contributed by atoms with Gasteiger partial charge in [-0.1, -0.05) is 11.6 Å². The second-order valence-electron chi connectivity index (χ2n) is 3.43. The van der Waals surface area contributed by atoms with Crippen LogP contribution in [-0.4, -0.2) is 16.9 Å². The van der Waals surface area contributed by atoms with E-state index >= 15 is 0 Å². The molecule has 1 aromatic carbocycles. The van der Waals surface area contributed by atoms with Gasteiger partial charge in [-0.15, -0.1) is 0 Å². The van der Waals surface area contributed by atoms with Gasteiger partial charge in [-0.25, -0.2) is 0 Å². The summed E-state index contributed by atoms with van der Waals surface area (Å²) in [6.07, 6.45) is 3.37. The monoisotopic (exact) mass is 237 g/mol. The van der Waals surface area contributed by atoms with Crippen molar-refractivity contribution in [3.8, 4) is 5.75 Å². The van der Waals surface area contributed by atoms with Crippen LogP contribution in [0.15, 0.2) is 30.6 Å². The summed E-state index contributed by atoms with van der Waals surface area (Å²) in [5.41, 5.74) is 7.20. The van der Waals surface area contributed by atoms with E-state index in [-0.39, 0.29) is 0 Å². The minimum Gasteiger partial charge on any atom is -0.496 e. The molecule has 0 fully saturated rings. The second-order valence-corrected chi connectivity index (χ2v) is 3.86. The Hall–Kier alpha value is -1.68. The number of halogens is 1. The number of benzene rings is 1. The highest BCUT2D eigenvalue weighted by Crippen LogP contribution is 2.23. The van der Waals surface area contributed by atoms with E-state index in [1.54, 1.807) is 30.3 Å². The first kappa shape index (κ1) is 10.8. The molecule has 0 saturated heterocycles. The quantitative estimate of drug-likeness (QED) is 0.890. The second kappa shape index (κ2) is 4.45. The number of nitrogens with two attached hydrogens (primary N) is 1. The molecule has 0 aliphatic rings. The summed E-state index contributed by atoms with van der Waals surface area (Å²) < 4.78 is 6.99. The van der Waals surface area contributed by atoms with Gasteiger partial charge in [0.2, 0.25) is 0 Å². The van der Waals surface area contributed by atoms with E-state index < -0.39 is 0 Å². The largest absolute Gasteiger partial charge is 0.496 e. The Bertz CT molecular complexity index is 496. The van der Waals surface area contributed by atoms with Crippen molar-refractivity contribution in [2.75, 3.05) is 12.8 Å². The minimum absolute atomic E-state index is 0.584. The molecule has 0 saturated carbocycles. The van der Waals surface area contributed by atoms with E-state index in [1.165, 1.54) is 0 Å². The Morgan fingerprint density at radius 3 is 2.94 bits per heavy atom. The molecule has 0 spiro atoms. The van der Waals surface area contributed by atoms with Crippen LogP contribution in [0.2, 0.25) is 5.02 Å². The summed E-state index contributed by atoms with van der Waals surface area (Å²) in [6, 6.07) is 5.49. The lowest BCUT2D eigenvalue weighted by Gasteiger charge is -2.08. The van der Waals surface area contributed by atoms with Crippen molar-refractivity contribution in [3.63, 3.8) is 0 Å². The summed E-state index contributed by atoms with van der Waals surface area (Å²) in [5, 5.41) is 4.79. The minimum atomic E-state index is 0.584. The van der Waals surface area contributed by atoms with Gasteiger partial charge in [-0.2, -0.15) is 5.10 Å². The average molecular weight is 238 g/mol.